The van der Waals surface area contributed by atoms with Crippen molar-refractivity contribution in [3.63, 3.8) is 0 Å². The molecule has 0 amide bonds. The van der Waals surface area contributed by atoms with E-state index >= 15 is 0 Å². The average molecular weight is 577 g/mol. The Hall–Kier alpha value is -5.12. The van der Waals surface area contributed by atoms with Crippen LogP contribution in [0.5, 0.6) is 11.5 Å². The second kappa shape index (κ2) is 16.9. The number of carbonyl (C=O) groups excluding carboxylic acids is 4. The standard InChI is InChI=1S/C32H32O10/c1-3-29(33)39-21-37-25-11-5-23(6-12-25)9-19-31(35)41-27-15-17-28(18-16-27)42-32(36)20-10-24-7-13-26(14-8-24)38-22-40-30(34)4-2/h3-14,19-20,27-28H,1-2,15-18,21-22H2/b19-9-,20-10-. The molecule has 0 aromatic heterocycles. The van der Waals surface area contributed by atoms with Crippen LogP contribution in [0.15, 0.2) is 86.0 Å². The van der Waals surface area contributed by atoms with Crippen molar-refractivity contribution in [1.29, 1.82) is 0 Å². The zero-order valence-corrected chi connectivity index (χ0v) is 23.0. The summed E-state index contributed by atoms with van der Waals surface area (Å²) in [7, 11) is 0. The molecule has 0 atom stereocenters. The first-order valence-corrected chi connectivity index (χ1v) is 13.2. The molecule has 0 unspecified atom stereocenters. The van der Waals surface area contributed by atoms with Crippen LogP contribution in [0.4, 0.5) is 0 Å². The Kier molecular flexibility index (Phi) is 12.6. The van der Waals surface area contributed by atoms with E-state index in [2.05, 4.69) is 13.2 Å². The predicted octanol–water partition coefficient (Wildman–Crippen LogP) is 4.94. The molecule has 0 N–H and O–H groups in total. The van der Waals surface area contributed by atoms with Crippen LogP contribution in [0.2, 0.25) is 0 Å². The highest BCUT2D eigenvalue weighted by molar-refractivity contribution is 5.88. The van der Waals surface area contributed by atoms with Gasteiger partial charge in [0.25, 0.3) is 0 Å². The summed E-state index contributed by atoms with van der Waals surface area (Å²) >= 11 is 0. The predicted molar refractivity (Wildman–Crippen MR) is 153 cm³/mol. The van der Waals surface area contributed by atoms with Gasteiger partial charge in [-0.2, -0.15) is 0 Å². The number of hydrogen-bond acceptors (Lipinski definition) is 10. The highest BCUT2D eigenvalue weighted by Crippen LogP contribution is 2.24. The van der Waals surface area contributed by atoms with Crippen molar-refractivity contribution in [2.24, 2.45) is 0 Å². The van der Waals surface area contributed by atoms with Crippen molar-refractivity contribution >= 4 is 36.0 Å². The lowest BCUT2D eigenvalue weighted by atomic mass is 9.95. The Bertz CT molecular complexity index is 1180. The molecule has 3 rings (SSSR count). The minimum absolute atomic E-state index is 0.227. The first kappa shape index (κ1) is 31.4. The summed E-state index contributed by atoms with van der Waals surface area (Å²) in [6, 6.07) is 13.7. The summed E-state index contributed by atoms with van der Waals surface area (Å²) in [6.07, 6.45) is 9.94. The number of benzene rings is 2. The van der Waals surface area contributed by atoms with Crippen LogP contribution in [0, 0.1) is 0 Å². The summed E-state index contributed by atoms with van der Waals surface area (Å²) in [5.41, 5.74) is 1.53. The van der Waals surface area contributed by atoms with Crippen LogP contribution in [-0.2, 0) is 38.1 Å². The number of hydrogen-bond donors (Lipinski definition) is 0. The Morgan fingerprint density at radius 1 is 0.595 bits per heavy atom. The van der Waals surface area contributed by atoms with Crippen molar-refractivity contribution in [2.45, 2.75) is 37.9 Å². The van der Waals surface area contributed by atoms with E-state index in [9.17, 15) is 19.2 Å². The Balaban J connectivity index is 1.33. The molecule has 10 heteroatoms. The molecule has 1 aliphatic carbocycles. The maximum absolute atomic E-state index is 12.3. The number of rotatable bonds is 14. The normalized spacial score (nSPS) is 16.3. The lowest BCUT2D eigenvalue weighted by Crippen LogP contribution is -2.29. The molecule has 0 bridgehead atoms. The smallest absolute Gasteiger partial charge is 0.333 e. The lowest BCUT2D eigenvalue weighted by Gasteiger charge is -2.27. The zero-order valence-electron chi connectivity index (χ0n) is 23.0. The molecule has 42 heavy (non-hydrogen) atoms. The van der Waals surface area contributed by atoms with E-state index in [1.54, 1.807) is 60.7 Å². The van der Waals surface area contributed by atoms with E-state index < -0.39 is 23.9 Å². The van der Waals surface area contributed by atoms with Crippen molar-refractivity contribution in [1.82, 2.24) is 0 Å². The SMILES string of the molecule is C=CC(=O)OCOc1ccc(/C=C\C(=O)OC2CCC(OC(=O)/C=C\c3ccc(OCOC(=O)C=C)cc3)CC2)cc1. The molecule has 1 fully saturated rings. The molecule has 220 valence electrons. The van der Waals surface area contributed by atoms with Gasteiger partial charge in [0.1, 0.15) is 23.7 Å². The molecule has 0 saturated heterocycles. The maximum Gasteiger partial charge on any atom is 0.333 e. The second-order valence-corrected chi connectivity index (χ2v) is 8.94. The van der Waals surface area contributed by atoms with E-state index in [4.69, 9.17) is 28.4 Å². The van der Waals surface area contributed by atoms with Crippen molar-refractivity contribution < 1.29 is 47.6 Å². The van der Waals surface area contributed by atoms with Crippen LogP contribution in [0.1, 0.15) is 36.8 Å². The highest BCUT2D eigenvalue weighted by atomic mass is 16.7. The largest absolute Gasteiger partial charge is 0.459 e. The third-order valence-corrected chi connectivity index (χ3v) is 5.96. The van der Waals surface area contributed by atoms with Gasteiger partial charge in [-0.1, -0.05) is 37.4 Å². The molecule has 1 saturated carbocycles. The fraction of sp³-hybridized carbons (Fsp3) is 0.250. The van der Waals surface area contributed by atoms with Crippen LogP contribution < -0.4 is 9.47 Å². The molecule has 10 nitrogen and oxygen atoms in total. The van der Waals surface area contributed by atoms with Gasteiger partial charge < -0.3 is 28.4 Å². The lowest BCUT2D eigenvalue weighted by molar-refractivity contribution is -0.151. The fourth-order valence-electron chi connectivity index (χ4n) is 3.78. The molecule has 0 aliphatic heterocycles. The molecule has 0 radical (unpaired) electrons. The van der Waals surface area contributed by atoms with Gasteiger partial charge in [0.2, 0.25) is 13.6 Å². The molecule has 0 heterocycles. The first-order chi connectivity index (χ1) is 20.3. The second-order valence-electron chi connectivity index (χ2n) is 8.94. The topological polar surface area (TPSA) is 124 Å². The van der Waals surface area contributed by atoms with E-state index in [1.807, 2.05) is 0 Å². The summed E-state index contributed by atoms with van der Waals surface area (Å²) < 4.78 is 31.1. The minimum Gasteiger partial charge on any atom is -0.459 e. The van der Waals surface area contributed by atoms with Gasteiger partial charge in [0.05, 0.1) is 0 Å². The third-order valence-electron chi connectivity index (χ3n) is 5.96. The number of carbonyl (C=O) groups is 4. The molecule has 0 spiro atoms. The van der Waals surface area contributed by atoms with Crippen molar-refractivity contribution in [3.05, 3.63) is 97.1 Å². The molecular weight excluding hydrogens is 544 g/mol. The summed E-state index contributed by atoms with van der Waals surface area (Å²) in [4.78, 5) is 46.5. The average Bonchev–Trinajstić information content (AvgIpc) is 3.01. The third kappa shape index (κ3) is 11.5. The van der Waals surface area contributed by atoms with E-state index in [0.29, 0.717) is 37.2 Å². The monoisotopic (exact) mass is 576 g/mol. The van der Waals surface area contributed by atoms with Crippen molar-refractivity contribution in [2.75, 3.05) is 13.6 Å². The maximum atomic E-state index is 12.3. The van der Waals surface area contributed by atoms with Crippen LogP contribution in [-0.4, -0.2) is 49.7 Å². The molecule has 1 aliphatic rings. The molecular formula is C32H32O10. The van der Waals surface area contributed by atoms with E-state index in [1.165, 1.54) is 12.2 Å². The quantitative estimate of drug-likeness (QED) is 0.132. The van der Waals surface area contributed by atoms with Crippen molar-refractivity contribution in [3.8, 4) is 11.5 Å². The van der Waals surface area contributed by atoms with Gasteiger partial charge in [0, 0.05) is 24.3 Å². The highest BCUT2D eigenvalue weighted by Gasteiger charge is 2.25. The molecule has 2 aromatic carbocycles. The van der Waals surface area contributed by atoms with E-state index in [0.717, 1.165) is 23.3 Å². The minimum atomic E-state index is -0.574. The Labute approximate surface area is 243 Å². The summed E-state index contributed by atoms with van der Waals surface area (Å²) in [5.74, 6) is -1.05. The van der Waals surface area contributed by atoms with Gasteiger partial charge >= 0.3 is 23.9 Å². The van der Waals surface area contributed by atoms with Gasteiger partial charge in [-0.3, -0.25) is 0 Å². The Morgan fingerprint density at radius 3 is 1.29 bits per heavy atom. The van der Waals surface area contributed by atoms with Gasteiger partial charge in [-0.25, -0.2) is 19.2 Å². The van der Waals surface area contributed by atoms with Gasteiger partial charge in [-0.15, -0.1) is 0 Å². The van der Waals surface area contributed by atoms with Gasteiger partial charge in [-0.05, 0) is 73.2 Å². The number of ether oxygens (including phenoxy) is 6. The number of esters is 4. The van der Waals surface area contributed by atoms with Gasteiger partial charge in [0.15, 0.2) is 0 Å². The van der Waals surface area contributed by atoms with Crippen LogP contribution in [0.25, 0.3) is 12.2 Å². The van der Waals surface area contributed by atoms with E-state index in [-0.39, 0.29) is 25.8 Å². The van der Waals surface area contributed by atoms with Crippen LogP contribution >= 0.6 is 0 Å². The summed E-state index contributed by atoms with van der Waals surface area (Å²) in [6.45, 7) is 6.15. The van der Waals surface area contributed by atoms with Crippen LogP contribution in [0.3, 0.4) is 0 Å². The molecule has 2 aromatic rings. The zero-order chi connectivity index (χ0) is 30.2. The summed E-state index contributed by atoms with van der Waals surface area (Å²) in [5, 5.41) is 0. The first-order valence-electron chi connectivity index (χ1n) is 13.2. The fourth-order valence-corrected chi connectivity index (χ4v) is 3.78. The Morgan fingerprint density at radius 2 is 0.952 bits per heavy atom.